The minimum Gasteiger partial charge on any atom is -0.493 e. The van der Waals surface area contributed by atoms with E-state index in [1.165, 1.54) is 5.56 Å². The summed E-state index contributed by atoms with van der Waals surface area (Å²) in [6, 6.07) is 16.2. The fourth-order valence-electron chi connectivity index (χ4n) is 3.70. The highest BCUT2D eigenvalue weighted by atomic mass is 16.5. The molecule has 0 radical (unpaired) electrons. The van der Waals surface area contributed by atoms with E-state index in [1.54, 1.807) is 14.2 Å². The summed E-state index contributed by atoms with van der Waals surface area (Å²) in [5.74, 6) is 1.54. The molecule has 0 aliphatic carbocycles. The van der Waals surface area contributed by atoms with Gasteiger partial charge in [-0.3, -0.25) is 4.79 Å². The molecule has 0 amide bonds. The zero-order valence-electron chi connectivity index (χ0n) is 18.4. The molecule has 30 heavy (non-hydrogen) atoms. The number of nitrogens with one attached hydrogen (secondary N) is 1. The van der Waals surface area contributed by atoms with Crippen molar-refractivity contribution < 1.29 is 14.3 Å². The maximum Gasteiger partial charge on any atom is 0.178 e. The zero-order chi connectivity index (χ0) is 21.7. The first-order chi connectivity index (χ1) is 14.4. The van der Waals surface area contributed by atoms with E-state index < -0.39 is 0 Å². The number of aryl methyl sites for hydroxylation is 2. The number of benzene rings is 2. The second kappa shape index (κ2) is 9.63. The van der Waals surface area contributed by atoms with Gasteiger partial charge in [-0.25, -0.2) is 0 Å². The van der Waals surface area contributed by atoms with Crippen molar-refractivity contribution in [3.63, 3.8) is 0 Å². The molecule has 0 unspecified atom stereocenters. The van der Waals surface area contributed by atoms with Crippen LogP contribution in [0.1, 0.15) is 32.9 Å². The summed E-state index contributed by atoms with van der Waals surface area (Å²) in [5, 5.41) is 3.27. The molecule has 0 saturated carbocycles. The number of rotatable bonds is 9. The van der Waals surface area contributed by atoms with E-state index in [9.17, 15) is 4.79 Å². The van der Waals surface area contributed by atoms with Gasteiger partial charge in [0.1, 0.15) is 0 Å². The Morgan fingerprint density at radius 1 is 0.933 bits per heavy atom. The molecule has 1 N–H and O–H groups in total. The van der Waals surface area contributed by atoms with E-state index in [0.717, 1.165) is 40.4 Å². The molecule has 0 bridgehead atoms. The van der Waals surface area contributed by atoms with Crippen molar-refractivity contribution in [2.75, 3.05) is 27.3 Å². The number of aromatic nitrogens is 1. The van der Waals surface area contributed by atoms with Crippen LogP contribution in [0.25, 0.3) is 5.69 Å². The molecule has 5 nitrogen and oxygen atoms in total. The van der Waals surface area contributed by atoms with Gasteiger partial charge < -0.3 is 19.4 Å². The van der Waals surface area contributed by atoms with E-state index in [0.29, 0.717) is 18.8 Å². The predicted octanol–water partition coefficient (Wildman–Crippen LogP) is 4.43. The first-order valence-corrected chi connectivity index (χ1v) is 10.2. The largest absolute Gasteiger partial charge is 0.493 e. The van der Waals surface area contributed by atoms with Crippen molar-refractivity contribution in [1.29, 1.82) is 0 Å². The highest BCUT2D eigenvalue weighted by Gasteiger charge is 2.16. The summed E-state index contributed by atoms with van der Waals surface area (Å²) in [5.41, 5.74) is 6.23. The van der Waals surface area contributed by atoms with Crippen LogP contribution in [-0.2, 0) is 6.42 Å². The van der Waals surface area contributed by atoms with Crippen LogP contribution in [0, 0.1) is 20.8 Å². The van der Waals surface area contributed by atoms with Crippen molar-refractivity contribution in [1.82, 2.24) is 9.88 Å². The van der Waals surface area contributed by atoms with Crippen molar-refractivity contribution in [3.8, 4) is 17.2 Å². The molecule has 0 aliphatic rings. The molecule has 0 fully saturated rings. The van der Waals surface area contributed by atoms with Crippen LogP contribution >= 0.6 is 0 Å². The molecule has 158 valence electrons. The van der Waals surface area contributed by atoms with Crippen LogP contribution in [0.15, 0.2) is 48.5 Å². The highest BCUT2D eigenvalue weighted by molar-refractivity contribution is 5.99. The molecule has 2 aromatic carbocycles. The Morgan fingerprint density at radius 3 is 2.30 bits per heavy atom. The van der Waals surface area contributed by atoms with Gasteiger partial charge in [0.25, 0.3) is 0 Å². The Bertz CT molecular complexity index is 1020. The minimum absolute atomic E-state index is 0.105. The molecule has 3 aromatic rings. The van der Waals surface area contributed by atoms with Crippen molar-refractivity contribution in [3.05, 3.63) is 76.6 Å². The van der Waals surface area contributed by atoms with Gasteiger partial charge in [0.05, 0.1) is 20.8 Å². The van der Waals surface area contributed by atoms with Gasteiger partial charge in [-0.1, -0.05) is 23.8 Å². The fraction of sp³-hybridized carbons (Fsp3) is 0.320. The Kier molecular flexibility index (Phi) is 6.95. The van der Waals surface area contributed by atoms with Gasteiger partial charge in [0, 0.05) is 22.6 Å². The smallest absolute Gasteiger partial charge is 0.178 e. The number of hydrogen-bond acceptors (Lipinski definition) is 4. The zero-order valence-corrected chi connectivity index (χ0v) is 18.4. The quantitative estimate of drug-likeness (QED) is 0.422. The van der Waals surface area contributed by atoms with Crippen LogP contribution in [-0.4, -0.2) is 37.7 Å². The van der Waals surface area contributed by atoms with Crippen molar-refractivity contribution in [2.45, 2.75) is 27.2 Å². The number of Topliss-reactive ketones (excluding diaryl/α,β-unsaturated/α-hetero) is 1. The Balaban J connectivity index is 1.60. The Hall–Kier alpha value is -3.05. The lowest BCUT2D eigenvalue weighted by molar-refractivity contribution is 0.0991. The monoisotopic (exact) mass is 406 g/mol. The van der Waals surface area contributed by atoms with Gasteiger partial charge in [-0.15, -0.1) is 0 Å². The molecule has 0 aliphatic heterocycles. The Morgan fingerprint density at radius 2 is 1.63 bits per heavy atom. The molecule has 0 spiro atoms. The fourth-order valence-corrected chi connectivity index (χ4v) is 3.70. The lowest BCUT2D eigenvalue weighted by atomic mass is 10.1. The number of nitrogens with zero attached hydrogens (tertiary/aromatic N) is 1. The first kappa shape index (κ1) is 21.7. The maximum absolute atomic E-state index is 12.8. The van der Waals surface area contributed by atoms with E-state index in [2.05, 4.69) is 41.1 Å². The lowest BCUT2D eigenvalue weighted by Gasteiger charge is -2.11. The van der Waals surface area contributed by atoms with Crippen LogP contribution < -0.4 is 14.8 Å². The molecule has 1 aromatic heterocycles. The molecule has 0 atom stereocenters. The highest BCUT2D eigenvalue weighted by Crippen LogP contribution is 2.27. The standard InChI is InChI=1S/C25H30N2O3/c1-17-6-9-21(10-7-17)27-18(2)14-22(19(27)3)23(28)16-26-13-12-20-8-11-24(29-4)25(15-20)30-5/h6-11,14-15,26H,12-13,16H2,1-5H3. The summed E-state index contributed by atoms with van der Waals surface area (Å²) in [6.45, 7) is 7.13. The van der Waals surface area contributed by atoms with Gasteiger partial charge in [0.2, 0.25) is 0 Å². The SMILES string of the molecule is COc1ccc(CCNCC(=O)c2cc(C)n(-c3ccc(C)cc3)c2C)cc1OC. The molecular formula is C25H30N2O3. The van der Waals surface area contributed by atoms with Gasteiger partial charge in [-0.2, -0.15) is 0 Å². The molecular weight excluding hydrogens is 376 g/mol. The number of ether oxygens (including phenoxy) is 2. The summed E-state index contributed by atoms with van der Waals surface area (Å²) >= 11 is 0. The predicted molar refractivity (Wildman–Crippen MR) is 120 cm³/mol. The van der Waals surface area contributed by atoms with E-state index >= 15 is 0 Å². The number of methoxy groups -OCH3 is 2. The number of ketones is 1. The molecule has 1 heterocycles. The summed E-state index contributed by atoms with van der Waals surface area (Å²) < 4.78 is 12.8. The molecule has 0 saturated heterocycles. The lowest BCUT2D eigenvalue weighted by Crippen LogP contribution is -2.25. The van der Waals surface area contributed by atoms with E-state index in [1.807, 2.05) is 38.1 Å². The van der Waals surface area contributed by atoms with E-state index in [-0.39, 0.29) is 5.78 Å². The Labute approximate surface area is 178 Å². The third-order valence-electron chi connectivity index (χ3n) is 5.35. The number of carbonyl (C=O) groups excluding carboxylic acids is 1. The average Bonchev–Trinajstić information content (AvgIpc) is 3.05. The second-order valence-electron chi connectivity index (χ2n) is 7.50. The van der Waals surface area contributed by atoms with E-state index in [4.69, 9.17) is 9.47 Å². The van der Waals surface area contributed by atoms with Crippen LogP contribution in [0.5, 0.6) is 11.5 Å². The second-order valence-corrected chi connectivity index (χ2v) is 7.50. The van der Waals surface area contributed by atoms with Crippen LogP contribution in [0.3, 0.4) is 0 Å². The van der Waals surface area contributed by atoms with Crippen LogP contribution in [0.2, 0.25) is 0 Å². The third kappa shape index (κ3) is 4.74. The normalized spacial score (nSPS) is 10.8. The summed E-state index contributed by atoms with van der Waals surface area (Å²) in [6.07, 6.45) is 0.802. The number of hydrogen-bond donors (Lipinski definition) is 1. The first-order valence-electron chi connectivity index (χ1n) is 10.2. The molecule has 3 rings (SSSR count). The third-order valence-corrected chi connectivity index (χ3v) is 5.35. The summed E-state index contributed by atoms with van der Waals surface area (Å²) in [4.78, 5) is 12.8. The van der Waals surface area contributed by atoms with Crippen molar-refractivity contribution in [2.24, 2.45) is 0 Å². The minimum atomic E-state index is 0.105. The topological polar surface area (TPSA) is 52.5 Å². The van der Waals surface area contributed by atoms with Gasteiger partial charge in [-0.05, 0) is 69.6 Å². The molecule has 5 heteroatoms. The van der Waals surface area contributed by atoms with Gasteiger partial charge in [0.15, 0.2) is 17.3 Å². The average molecular weight is 407 g/mol. The number of carbonyl (C=O) groups is 1. The maximum atomic E-state index is 12.8. The van der Waals surface area contributed by atoms with Crippen LogP contribution in [0.4, 0.5) is 0 Å². The summed E-state index contributed by atoms with van der Waals surface area (Å²) in [7, 11) is 3.26. The van der Waals surface area contributed by atoms with Gasteiger partial charge >= 0.3 is 0 Å². The van der Waals surface area contributed by atoms with Crippen molar-refractivity contribution >= 4 is 5.78 Å².